The molecule has 0 aliphatic carbocycles. The van der Waals surface area contributed by atoms with Gasteiger partial charge in [0.15, 0.2) is 5.58 Å². The largest absolute Gasteiger partial charge is 0.419 e. The van der Waals surface area contributed by atoms with Crippen LogP contribution in [-0.4, -0.2) is 49.1 Å². The van der Waals surface area contributed by atoms with Crippen molar-refractivity contribution in [2.24, 2.45) is 5.92 Å². The molecule has 136 valence electrons. The summed E-state index contributed by atoms with van der Waals surface area (Å²) < 4.78 is 6.88. The van der Waals surface area contributed by atoms with E-state index in [0.717, 1.165) is 32.5 Å². The first-order valence-corrected chi connectivity index (χ1v) is 8.81. The molecule has 2 aromatic rings. The van der Waals surface area contributed by atoms with Crippen LogP contribution in [0.1, 0.15) is 19.3 Å². The van der Waals surface area contributed by atoms with Gasteiger partial charge in [-0.1, -0.05) is 0 Å². The lowest BCUT2D eigenvalue weighted by Crippen LogP contribution is -2.23. The number of rotatable bonds is 7. The average molecular weight is 346 g/mol. The van der Waals surface area contributed by atoms with Crippen LogP contribution in [-0.2, 0) is 11.3 Å². The number of benzene rings is 1. The lowest BCUT2D eigenvalue weighted by molar-refractivity contribution is -0.116. The van der Waals surface area contributed by atoms with E-state index in [4.69, 9.17) is 4.42 Å². The topological polar surface area (TPSA) is 79.5 Å². The lowest BCUT2D eigenvalue weighted by Gasteiger charge is -2.10. The molecule has 0 bridgehead atoms. The van der Waals surface area contributed by atoms with E-state index in [9.17, 15) is 9.59 Å². The summed E-state index contributed by atoms with van der Waals surface area (Å²) in [4.78, 5) is 26.2. The van der Waals surface area contributed by atoms with Crippen molar-refractivity contribution in [2.75, 3.05) is 39.0 Å². The number of fused-ring (bicyclic) bond motifs is 1. The van der Waals surface area contributed by atoms with Gasteiger partial charge in [-0.15, -0.1) is 0 Å². The molecule has 25 heavy (non-hydrogen) atoms. The summed E-state index contributed by atoms with van der Waals surface area (Å²) in [6.07, 6.45) is 2.57. The third kappa shape index (κ3) is 4.49. The van der Waals surface area contributed by atoms with Crippen LogP contribution in [0.4, 0.5) is 5.69 Å². The van der Waals surface area contributed by atoms with Crippen molar-refractivity contribution in [2.45, 2.75) is 25.8 Å². The van der Waals surface area contributed by atoms with Crippen molar-refractivity contribution in [1.82, 2.24) is 14.8 Å². The number of carbonyl (C=O) groups is 1. The number of carbonyl (C=O) groups excluding carboxylic acids is 1. The number of aromatic nitrogens is 1. The molecule has 7 nitrogen and oxygen atoms in total. The first-order chi connectivity index (χ1) is 12.0. The van der Waals surface area contributed by atoms with Crippen LogP contribution in [0.3, 0.4) is 0 Å². The molecule has 0 spiro atoms. The lowest BCUT2D eigenvalue weighted by atomic mass is 10.0. The van der Waals surface area contributed by atoms with Gasteiger partial charge in [-0.25, -0.2) is 4.79 Å². The second-order valence-corrected chi connectivity index (χ2v) is 6.95. The van der Waals surface area contributed by atoms with Crippen LogP contribution in [0.25, 0.3) is 11.1 Å². The highest BCUT2D eigenvalue weighted by molar-refractivity contribution is 5.92. The summed E-state index contributed by atoms with van der Waals surface area (Å²) >= 11 is 0. The average Bonchev–Trinajstić information content (AvgIpc) is 3.18. The van der Waals surface area contributed by atoms with Gasteiger partial charge in [0, 0.05) is 25.2 Å². The third-order valence-electron chi connectivity index (χ3n) is 4.66. The van der Waals surface area contributed by atoms with E-state index >= 15 is 0 Å². The van der Waals surface area contributed by atoms with Gasteiger partial charge >= 0.3 is 5.76 Å². The zero-order valence-electron chi connectivity index (χ0n) is 14.9. The van der Waals surface area contributed by atoms with Crippen LogP contribution in [0.15, 0.2) is 27.4 Å². The van der Waals surface area contributed by atoms with Crippen LogP contribution in [0.5, 0.6) is 0 Å². The number of nitrogens with zero attached hydrogens (tertiary/aromatic N) is 2. The van der Waals surface area contributed by atoms with E-state index < -0.39 is 0 Å². The van der Waals surface area contributed by atoms with Gasteiger partial charge in [0.25, 0.3) is 0 Å². The fourth-order valence-corrected chi connectivity index (χ4v) is 3.17. The summed E-state index contributed by atoms with van der Waals surface area (Å²) in [6.45, 7) is 3.34. The van der Waals surface area contributed by atoms with Gasteiger partial charge in [-0.3, -0.25) is 9.36 Å². The Morgan fingerprint density at radius 2 is 2.28 bits per heavy atom. The van der Waals surface area contributed by atoms with Gasteiger partial charge in [-0.05, 0) is 64.1 Å². The monoisotopic (exact) mass is 346 g/mol. The Morgan fingerprint density at radius 3 is 3.00 bits per heavy atom. The van der Waals surface area contributed by atoms with Crippen LogP contribution < -0.4 is 16.4 Å². The Kier molecular flexibility index (Phi) is 5.55. The molecule has 1 atom stereocenters. The minimum Gasteiger partial charge on any atom is -0.408 e. The molecule has 2 N–H and O–H groups in total. The third-order valence-corrected chi connectivity index (χ3v) is 4.66. The highest BCUT2D eigenvalue weighted by Gasteiger charge is 2.16. The van der Waals surface area contributed by atoms with E-state index in [1.807, 2.05) is 25.1 Å². The van der Waals surface area contributed by atoms with Gasteiger partial charge in [0.1, 0.15) is 0 Å². The number of nitrogens with one attached hydrogen (secondary N) is 2. The maximum Gasteiger partial charge on any atom is 0.419 e. The highest BCUT2D eigenvalue weighted by Crippen LogP contribution is 2.20. The molecule has 1 aromatic heterocycles. The standard InChI is InChI=1S/C18H26N4O3/c1-21(2)9-10-22-15-11-14(4-5-16(15)25-18(22)24)20-17(23)6-3-13-7-8-19-12-13/h4-5,11,13,19H,3,6-10,12H2,1-2H3,(H,20,23). The Labute approximate surface area is 147 Å². The Balaban J connectivity index is 1.68. The Bertz CT molecular complexity index is 787. The molecule has 1 aromatic carbocycles. The molecule has 0 saturated carbocycles. The summed E-state index contributed by atoms with van der Waals surface area (Å²) in [5.74, 6) is 0.240. The maximum absolute atomic E-state index is 12.2. The minimum absolute atomic E-state index is 0.0110. The smallest absolute Gasteiger partial charge is 0.408 e. The normalized spacial score (nSPS) is 17.5. The second kappa shape index (κ2) is 7.84. The quantitative estimate of drug-likeness (QED) is 0.794. The zero-order chi connectivity index (χ0) is 17.8. The van der Waals surface area contributed by atoms with Crippen molar-refractivity contribution < 1.29 is 9.21 Å². The van der Waals surface area contributed by atoms with E-state index in [1.54, 1.807) is 16.7 Å². The molecular weight excluding hydrogens is 320 g/mol. The fourth-order valence-electron chi connectivity index (χ4n) is 3.17. The summed E-state index contributed by atoms with van der Waals surface area (Å²) in [6, 6.07) is 5.32. The molecule has 3 rings (SSSR count). The molecule has 1 saturated heterocycles. The predicted octanol–water partition coefficient (Wildman–Crippen LogP) is 1.48. The van der Waals surface area contributed by atoms with Gasteiger partial charge in [-0.2, -0.15) is 0 Å². The SMILES string of the molecule is CN(C)CCn1c(=O)oc2ccc(NC(=O)CCC3CCNC3)cc21. The van der Waals surface area contributed by atoms with Crippen molar-refractivity contribution in [3.8, 4) is 0 Å². The van der Waals surface area contributed by atoms with Crippen LogP contribution in [0, 0.1) is 5.92 Å². The maximum atomic E-state index is 12.2. The summed E-state index contributed by atoms with van der Waals surface area (Å²) in [5.41, 5.74) is 1.95. The predicted molar refractivity (Wildman–Crippen MR) is 97.9 cm³/mol. The van der Waals surface area contributed by atoms with Gasteiger partial charge < -0.3 is 20.0 Å². The summed E-state index contributed by atoms with van der Waals surface area (Å²) in [7, 11) is 3.91. The molecule has 1 amide bonds. The zero-order valence-corrected chi connectivity index (χ0v) is 14.9. The second-order valence-electron chi connectivity index (χ2n) is 6.95. The fraction of sp³-hybridized carbons (Fsp3) is 0.556. The Morgan fingerprint density at radius 1 is 1.44 bits per heavy atom. The van der Waals surface area contributed by atoms with Crippen molar-refractivity contribution in [3.05, 3.63) is 28.7 Å². The van der Waals surface area contributed by atoms with Crippen molar-refractivity contribution in [1.29, 1.82) is 0 Å². The molecule has 1 fully saturated rings. The minimum atomic E-state index is -0.367. The van der Waals surface area contributed by atoms with Crippen LogP contribution >= 0.6 is 0 Å². The number of oxazole rings is 1. The van der Waals surface area contributed by atoms with Gasteiger partial charge in [0.2, 0.25) is 5.91 Å². The van der Waals surface area contributed by atoms with E-state index in [1.165, 1.54) is 0 Å². The molecule has 1 aliphatic rings. The van der Waals surface area contributed by atoms with E-state index in [2.05, 4.69) is 10.6 Å². The molecule has 1 unspecified atom stereocenters. The molecule has 7 heteroatoms. The number of likely N-dealkylation sites (N-methyl/N-ethyl adjacent to an activating group) is 1. The first kappa shape index (κ1) is 17.7. The van der Waals surface area contributed by atoms with Crippen molar-refractivity contribution in [3.63, 3.8) is 0 Å². The number of anilines is 1. The number of hydrogen-bond donors (Lipinski definition) is 2. The molecule has 0 radical (unpaired) electrons. The van der Waals surface area contributed by atoms with E-state index in [0.29, 0.717) is 35.7 Å². The van der Waals surface area contributed by atoms with Gasteiger partial charge in [0.05, 0.1) is 5.52 Å². The first-order valence-electron chi connectivity index (χ1n) is 8.81. The van der Waals surface area contributed by atoms with Crippen molar-refractivity contribution >= 4 is 22.7 Å². The molecular formula is C18H26N4O3. The Hall–Kier alpha value is -2.12. The summed E-state index contributed by atoms with van der Waals surface area (Å²) in [5, 5.41) is 6.25. The highest BCUT2D eigenvalue weighted by atomic mass is 16.4. The molecule has 1 aliphatic heterocycles. The molecule has 2 heterocycles. The number of hydrogen-bond acceptors (Lipinski definition) is 5. The van der Waals surface area contributed by atoms with Crippen LogP contribution in [0.2, 0.25) is 0 Å². The van der Waals surface area contributed by atoms with E-state index in [-0.39, 0.29) is 11.7 Å². The number of amides is 1.